The quantitative estimate of drug-likeness (QED) is 0.0610. The van der Waals surface area contributed by atoms with Crippen LogP contribution in [-0.2, 0) is 28.5 Å². The van der Waals surface area contributed by atoms with Crippen molar-refractivity contribution in [2.24, 2.45) is 0 Å². The van der Waals surface area contributed by atoms with E-state index in [1.54, 1.807) is 0 Å². The van der Waals surface area contributed by atoms with Crippen molar-refractivity contribution in [1.29, 1.82) is 0 Å². The number of unbranched alkanes of at least 4 members (excludes halogenated alkanes) is 17. The van der Waals surface area contributed by atoms with Gasteiger partial charge in [0, 0.05) is 13.0 Å². The maximum absolute atomic E-state index is 11.6. The minimum Gasteiger partial charge on any atom is -0.463 e. The van der Waals surface area contributed by atoms with Gasteiger partial charge in [-0.1, -0.05) is 123 Å². The maximum atomic E-state index is 11.6. The van der Waals surface area contributed by atoms with Gasteiger partial charge in [0.1, 0.15) is 6.61 Å². The summed E-state index contributed by atoms with van der Waals surface area (Å²) in [4.78, 5) is 11.6. The normalized spacial score (nSPS) is 11.3. The summed E-state index contributed by atoms with van der Waals surface area (Å²) in [5, 5.41) is 0. The van der Waals surface area contributed by atoms with E-state index >= 15 is 0 Å². The van der Waals surface area contributed by atoms with Crippen LogP contribution in [0.1, 0.15) is 142 Å². The van der Waals surface area contributed by atoms with Crippen LogP contribution in [0.3, 0.4) is 0 Å². The van der Waals surface area contributed by atoms with Gasteiger partial charge in [0.05, 0.1) is 46.2 Å². The van der Waals surface area contributed by atoms with Crippen LogP contribution in [0.2, 0.25) is 0 Å². The summed E-state index contributed by atoms with van der Waals surface area (Å²) in [5.74, 6) is -0.120. The minimum atomic E-state index is -0.120. The fraction of sp³-hybridized carbons (Fsp3) is 0.969. The first kappa shape index (κ1) is 37.3. The lowest BCUT2D eigenvalue weighted by Gasteiger charge is -2.08. The highest BCUT2D eigenvalue weighted by molar-refractivity contribution is 5.69. The first-order valence-corrected chi connectivity index (χ1v) is 16.3. The molecule has 6 nitrogen and oxygen atoms in total. The Kier molecular flexibility index (Phi) is 33.7. The van der Waals surface area contributed by atoms with Gasteiger partial charge in [-0.2, -0.15) is 0 Å². The molecule has 38 heavy (non-hydrogen) atoms. The number of hydrogen-bond acceptors (Lipinski definition) is 6. The summed E-state index contributed by atoms with van der Waals surface area (Å²) >= 11 is 0. The molecule has 0 aromatic rings. The molecule has 0 spiro atoms. The molecule has 6 heteroatoms. The molecule has 0 heterocycles. The molecule has 0 saturated carbocycles. The van der Waals surface area contributed by atoms with E-state index < -0.39 is 0 Å². The largest absolute Gasteiger partial charge is 0.463 e. The van der Waals surface area contributed by atoms with Gasteiger partial charge in [-0.05, 0) is 12.8 Å². The monoisotopic (exact) mass is 544 g/mol. The van der Waals surface area contributed by atoms with E-state index in [0.29, 0.717) is 59.3 Å². The predicted octanol–water partition coefficient (Wildman–Crippen LogP) is 8.44. The van der Waals surface area contributed by atoms with E-state index in [1.807, 2.05) is 0 Å². The Labute approximate surface area is 236 Å². The molecule has 0 radical (unpaired) electrons. The zero-order valence-electron chi connectivity index (χ0n) is 25.5. The Morgan fingerprint density at radius 1 is 0.368 bits per heavy atom. The highest BCUT2D eigenvalue weighted by atomic mass is 16.6. The fourth-order valence-electron chi connectivity index (χ4n) is 4.32. The van der Waals surface area contributed by atoms with Crippen molar-refractivity contribution in [3.8, 4) is 0 Å². The highest BCUT2D eigenvalue weighted by Crippen LogP contribution is 2.12. The van der Waals surface area contributed by atoms with Gasteiger partial charge in [0.25, 0.3) is 0 Å². The lowest BCUT2D eigenvalue weighted by molar-refractivity contribution is -0.145. The van der Waals surface area contributed by atoms with Crippen molar-refractivity contribution in [2.45, 2.75) is 142 Å². The Morgan fingerprint density at radius 2 is 0.684 bits per heavy atom. The van der Waals surface area contributed by atoms with E-state index in [2.05, 4.69) is 13.8 Å². The zero-order chi connectivity index (χ0) is 27.6. The van der Waals surface area contributed by atoms with Crippen molar-refractivity contribution < 1.29 is 28.5 Å². The van der Waals surface area contributed by atoms with Crippen LogP contribution in [-0.4, -0.2) is 65.4 Å². The Balaban J connectivity index is 3.09. The third-order valence-corrected chi connectivity index (χ3v) is 6.73. The Morgan fingerprint density at radius 3 is 1.11 bits per heavy atom. The summed E-state index contributed by atoms with van der Waals surface area (Å²) in [6.45, 7) is 9.46. The molecule has 0 atom stereocenters. The second kappa shape index (κ2) is 34.3. The van der Waals surface area contributed by atoms with E-state index in [-0.39, 0.29) is 5.97 Å². The molecule has 0 amide bonds. The summed E-state index contributed by atoms with van der Waals surface area (Å²) < 4.78 is 27.3. The van der Waals surface area contributed by atoms with E-state index in [4.69, 9.17) is 23.7 Å². The lowest BCUT2D eigenvalue weighted by atomic mass is 10.0. The summed E-state index contributed by atoms with van der Waals surface area (Å²) in [6, 6.07) is 0. The minimum absolute atomic E-state index is 0.120. The molecular formula is C32H64O6. The standard InChI is InChI=1S/C32H64O6/c1-3-5-7-9-11-12-13-14-15-16-17-19-21-23-34-24-25-35-26-27-36-28-29-37-30-31-38-32(33)22-20-18-10-8-6-4-2/h3-31H2,1-2H3. The van der Waals surface area contributed by atoms with Gasteiger partial charge >= 0.3 is 5.97 Å². The topological polar surface area (TPSA) is 63.2 Å². The number of ether oxygens (including phenoxy) is 5. The number of rotatable bonds is 33. The fourth-order valence-corrected chi connectivity index (χ4v) is 4.32. The SMILES string of the molecule is CCCCCCCCCCCCCCCOCCOCCOCCOCCOC(=O)CCCCCCCC. The smallest absolute Gasteiger partial charge is 0.305 e. The van der Waals surface area contributed by atoms with E-state index in [1.165, 1.54) is 103 Å². The molecular weight excluding hydrogens is 480 g/mol. The molecule has 0 fully saturated rings. The van der Waals surface area contributed by atoms with Crippen LogP contribution in [0.25, 0.3) is 0 Å². The van der Waals surface area contributed by atoms with Gasteiger partial charge < -0.3 is 23.7 Å². The van der Waals surface area contributed by atoms with Crippen molar-refractivity contribution in [2.75, 3.05) is 59.5 Å². The molecule has 0 unspecified atom stereocenters. The average molecular weight is 545 g/mol. The molecule has 0 N–H and O–H groups in total. The average Bonchev–Trinajstić information content (AvgIpc) is 2.92. The Hall–Kier alpha value is -0.690. The van der Waals surface area contributed by atoms with Gasteiger partial charge in [0.15, 0.2) is 0 Å². The molecule has 0 aliphatic carbocycles. The van der Waals surface area contributed by atoms with Gasteiger partial charge in [-0.15, -0.1) is 0 Å². The van der Waals surface area contributed by atoms with Crippen LogP contribution >= 0.6 is 0 Å². The molecule has 0 rings (SSSR count). The van der Waals surface area contributed by atoms with Crippen LogP contribution in [0.5, 0.6) is 0 Å². The first-order chi connectivity index (χ1) is 18.8. The highest BCUT2D eigenvalue weighted by Gasteiger charge is 2.02. The Bertz CT molecular complexity index is 446. The van der Waals surface area contributed by atoms with Crippen LogP contribution < -0.4 is 0 Å². The van der Waals surface area contributed by atoms with Crippen LogP contribution in [0, 0.1) is 0 Å². The van der Waals surface area contributed by atoms with Gasteiger partial charge in [-0.25, -0.2) is 0 Å². The lowest BCUT2D eigenvalue weighted by Crippen LogP contribution is -2.14. The molecule has 228 valence electrons. The molecule has 0 aromatic heterocycles. The molecule has 0 aromatic carbocycles. The van der Waals surface area contributed by atoms with Crippen molar-refractivity contribution in [1.82, 2.24) is 0 Å². The second-order valence-corrected chi connectivity index (χ2v) is 10.4. The summed E-state index contributed by atoms with van der Waals surface area (Å²) in [7, 11) is 0. The third kappa shape index (κ3) is 33.3. The predicted molar refractivity (Wildman–Crippen MR) is 158 cm³/mol. The molecule has 0 saturated heterocycles. The molecule has 0 aliphatic heterocycles. The number of hydrogen-bond donors (Lipinski definition) is 0. The van der Waals surface area contributed by atoms with Crippen molar-refractivity contribution in [3.63, 3.8) is 0 Å². The molecule has 0 bridgehead atoms. The van der Waals surface area contributed by atoms with E-state index in [9.17, 15) is 4.79 Å². The van der Waals surface area contributed by atoms with Gasteiger partial charge in [-0.3, -0.25) is 4.79 Å². The third-order valence-electron chi connectivity index (χ3n) is 6.73. The van der Waals surface area contributed by atoms with Gasteiger partial charge in [0.2, 0.25) is 0 Å². The zero-order valence-corrected chi connectivity index (χ0v) is 25.5. The van der Waals surface area contributed by atoms with Crippen molar-refractivity contribution >= 4 is 5.97 Å². The maximum Gasteiger partial charge on any atom is 0.305 e. The van der Waals surface area contributed by atoms with Crippen LogP contribution in [0.4, 0.5) is 0 Å². The summed E-state index contributed by atoms with van der Waals surface area (Å²) in [5.41, 5.74) is 0. The summed E-state index contributed by atoms with van der Waals surface area (Å²) in [6.07, 6.45) is 25.4. The number of carbonyl (C=O) groups excluding carboxylic acids is 1. The van der Waals surface area contributed by atoms with Crippen LogP contribution in [0.15, 0.2) is 0 Å². The number of carbonyl (C=O) groups is 1. The molecule has 0 aliphatic rings. The first-order valence-electron chi connectivity index (χ1n) is 16.3. The number of esters is 1. The van der Waals surface area contributed by atoms with E-state index in [0.717, 1.165) is 25.9 Å². The van der Waals surface area contributed by atoms with Crippen molar-refractivity contribution in [3.05, 3.63) is 0 Å². The second-order valence-electron chi connectivity index (χ2n) is 10.4.